The second-order valence-corrected chi connectivity index (χ2v) is 8.66. The summed E-state index contributed by atoms with van der Waals surface area (Å²) in [6.45, 7) is 1.00. The van der Waals surface area contributed by atoms with Gasteiger partial charge < -0.3 is 4.90 Å². The topological polar surface area (TPSA) is 74.3 Å². The van der Waals surface area contributed by atoms with Crippen LogP contribution in [0.25, 0.3) is 0 Å². The molecular formula is C20H21F3N4O2S. The minimum Gasteiger partial charge on any atom is -0.357 e. The molecule has 0 spiro atoms. The molecule has 0 aromatic carbocycles. The third-order valence-corrected chi connectivity index (χ3v) is 6.77. The van der Waals surface area contributed by atoms with E-state index in [1.54, 1.807) is 0 Å². The van der Waals surface area contributed by atoms with Gasteiger partial charge in [-0.15, -0.1) is 11.3 Å². The summed E-state index contributed by atoms with van der Waals surface area (Å²) in [5.74, 6) is -0.383. The molecule has 0 bridgehead atoms. The van der Waals surface area contributed by atoms with E-state index in [-0.39, 0.29) is 17.7 Å². The number of carbonyl (C=O) groups excluding carboxylic acids is 2. The number of rotatable bonds is 3. The lowest BCUT2D eigenvalue weighted by molar-refractivity contribution is -0.137. The number of carbonyl (C=O) groups is 2. The third-order valence-electron chi connectivity index (χ3n) is 5.53. The van der Waals surface area contributed by atoms with Gasteiger partial charge in [-0.25, -0.2) is 4.98 Å². The molecule has 0 unspecified atom stereocenters. The van der Waals surface area contributed by atoms with Crippen LogP contribution in [0.5, 0.6) is 0 Å². The average Bonchev–Trinajstić information content (AvgIpc) is 3.34. The fourth-order valence-electron chi connectivity index (χ4n) is 3.83. The summed E-state index contributed by atoms with van der Waals surface area (Å²) < 4.78 is 38.0. The summed E-state index contributed by atoms with van der Waals surface area (Å²) >= 11 is 1.47. The number of thiophene rings is 1. The van der Waals surface area contributed by atoms with Crippen LogP contribution in [0, 0.1) is 5.92 Å². The Balaban J connectivity index is 1.25. The highest BCUT2D eigenvalue weighted by molar-refractivity contribution is 7.14. The molecular weight excluding hydrogens is 417 g/mol. The normalized spacial score (nSPS) is 17.0. The van der Waals surface area contributed by atoms with Crippen LogP contribution >= 0.6 is 11.3 Å². The van der Waals surface area contributed by atoms with Crippen molar-refractivity contribution in [3.8, 4) is 0 Å². The highest BCUT2D eigenvalue weighted by Crippen LogP contribution is 2.31. The van der Waals surface area contributed by atoms with Gasteiger partial charge in [-0.1, -0.05) is 0 Å². The summed E-state index contributed by atoms with van der Waals surface area (Å²) in [6.07, 6.45) is 0.591. The summed E-state index contributed by atoms with van der Waals surface area (Å²) in [7, 11) is 0. The van der Waals surface area contributed by atoms with Gasteiger partial charge in [-0.05, 0) is 55.9 Å². The maximum Gasteiger partial charge on any atom is 0.417 e. The fraction of sp³-hybridized carbons (Fsp3) is 0.450. The zero-order valence-electron chi connectivity index (χ0n) is 16.1. The molecule has 0 saturated carbocycles. The Morgan fingerprint density at radius 3 is 2.53 bits per heavy atom. The van der Waals surface area contributed by atoms with Crippen molar-refractivity contribution in [3.05, 3.63) is 45.3 Å². The van der Waals surface area contributed by atoms with Gasteiger partial charge in [0.1, 0.15) is 5.82 Å². The standard InChI is InChI=1S/C20H21F3N4O2S/c21-20(22,23)14-4-5-17(24-11-14)27-8-6-12(7-9-27)18(28)25-26-19(29)16-10-13-2-1-3-15(13)30-16/h4-5,10-12H,1-3,6-9H2,(H,25,28)(H,26,29). The van der Waals surface area contributed by atoms with Crippen molar-refractivity contribution in [2.75, 3.05) is 18.0 Å². The Morgan fingerprint density at radius 1 is 1.13 bits per heavy atom. The first-order valence-corrected chi connectivity index (χ1v) is 10.6. The van der Waals surface area contributed by atoms with Gasteiger partial charge in [0.25, 0.3) is 5.91 Å². The van der Waals surface area contributed by atoms with E-state index in [0.29, 0.717) is 36.6 Å². The van der Waals surface area contributed by atoms with Crippen LogP contribution in [0.2, 0.25) is 0 Å². The number of aryl methyl sites for hydroxylation is 2. The fourth-order valence-corrected chi connectivity index (χ4v) is 4.98. The summed E-state index contributed by atoms with van der Waals surface area (Å²) in [4.78, 5) is 32.3. The molecule has 10 heteroatoms. The van der Waals surface area contributed by atoms with Crippen molar-refractivity contribution in [2.45, 2.75) is 38.3 Å². The number of fused-ring (bicyclic) bond motifs is 1. The van der Waals surface area contributed by atoms with E-state index in [2.05, 4.69) is 15.8 Å². The minimum atomic E-state index is -4.41. The van der Waals surface area contributed by atoms with Crippen LogP contribution in [-0.4, -0.2) is 29.9 Å². The zero-order chi connectivity index (χ0) is 21.3. The van der Waals surface area contributed by atoms with Gasteiger partial charge >= 0.3 is 6.18 Å². The molecule has 1 aliphatic carbocycles. The minimum absolute atomic E-state index is 0.257. The van der Waals surface area contributed by atoms with Gasteiger partial charge in [0.05, 0.1) is 10.4 Å². The Hall–Kier alpha value is -2.62. The molecule has 2 aliphatic rings. The van der Waals surface area contributed by atoms with Crippen molar-refractivity contribution in [1.82, 2.24) is 15.8 Å². The molecule has 1 fully saturated rings. The smallest absolute Gasteiger partial charge is 0.357 e. The molecule has 0 radical (unpaired) electrons. The first-order valence-electron chi connectivity index (χ1n) is 9.81. The molecule has 2 aromatic rings. The lowest BCUT2D eigenvalue weighted by Gasteiger charge is -2.32. The van der Waals surface area contributed by atoms with E-state index >= 15 is 0 Å². The van der Waals surface area contributed by atoms with Crippen molar-refractivity contribution in [1.29, 1.82) is 0 Å². The van der Waals surface area contributed by atoms with E-state index in [1.165, 1.54) is 27.8 Å². The maximum absolute atomic E-state index is 12.7. The molecule has 3 heterocycles. The van der Waals surface area contributed by atoms with Crippen LogP contribution in [0.15, 0.2) is 24.4 Å². The molecule has 30 heavy (non-hydrogen) atoms. The molecule has 4 rings (SSSR count). The number of piperidine rings is 1. The van der Waals surface area contributed by atoms with Crippen LogP contribution in [-0.2, 0) is 23.8 Å². The second-order valence-electron chi connectivity index (χ2n) is 7.52. The number of aromatic nitrogens is 1. The molecule has 2 N–H and O–H groups in total. The zero-order valence-corrected chi connectivity index (χ0v) is 16.9. The summed E-state index contributed by atoms with van der Waals surface area (Å²) in [5.41, 5.74) is 5.43. The molecule has 2 amide bonds. The van der Waals surface area contributed by atoms with Gasteiger partial charge in [0.15, 0.2) is 0 Å². The van der Waals surface area contributed by atoms with Gasteiger partial charge in [-0.2, -0.15) is 13.2 Å². The number of alkyl halides is 3. The van der Waals surface area contributed by atoms with Crippen molar-refractivity contribution in [3.63, 3.8) is 0 Å². The maximum atomic E-state index is 12.7. The first-order chi connectivity index (χ1) is 14.3. The van der Waals surface area contributed by atoms with Crippen molar-refractivity contribution in [2.24, 2.45) is 5.92 Å². The number of nitrogens with zero attached hydrogens (tertiary/aromatic N) is 2. The number of halogens is 3. The molecule has 160 valence electrons. The summed E-state index contributed by atoms with van der Waals surface area (Å²) in [6, 6.07) is 4.25. The van der Waals surface area contributed by atoms with Gasteiger partial charge in [-0.3, -0.25) is 20.4 Å². The number of hydrazine groups is 1. The van der Waals surface area contributed by atoms with Crippen LogP contribution < -0.4 is 15.8 Å². The quantitative estimate of drug-likeness (QED) is 0.721. The Labute approximate surface area is 175 Å². The van der Waals surface area contributed by atoms with E-state index < -0.39 is 11.7 Å². The number of hydrogen-bond donors (Lipinski definition) is 2. The first kappa shape index (κ1) is 20.6. The molecule has 0 atom stereocenters. The predicted molar refractivity (Wildman–Crippen MR) is 106 cm³/mol. The number of nitrogens with one attached hydrogen (secondary N) is 2. The van der Waals surface area contributed by atoms with E-state index in [0.717, 1.165) is 31.5 Å². The summed E-state index contributed by atoms with van der Waals surface area (Å²) in [5, 5.41) is 0. The van der Waals surface area contributed by atoms with Gasteiger partial charge in [0.2, 0.25) is 5.91 Å². The Kier molecular flexibility index (Phi) is 5.68. The SMILES string of the molecule is O=C(NNC(=O)C1CCN(c2ccc(C(F)(F)F)cn2)CC1)c1cc2c(s1)CCC2. The lowest BCUT2D eigenvalue weighted by Crippen LogP contribution is -2.47. The van der Waals surface area contributed by atoms with E-state index in [4.69, 9.17) is 0 Å². The van der Waals surface area contributed by atoms with Crippen molar-refractivity contribution < 1.29 is 22.8 Å². The van der Waals surface area contributed by atoms with Crippen LogP contribution in [0.4, 0.5) is 19.0 Å². The van der Waals surface area contributed by atoms with Crippen molar-refractivity contribution >= 4 is 29.0 Å². The monoisotopic (exact) mass is 438 g/mol. The van der Waals surface area contributed by atoms with Crippen LogP contribution in [0.3, 0.4) is 0 Å². The largest absolute Gasteiger partial charge is 0.417 e. The van der Waals surface area contributed by atoms with Crippen LogP contribution in [0.1, 0.15) is 44.9 Å². The van der Waals surface area contributed by atoms with E-state index in [1.807, 2.05) is 11.0 Å². The second kappa shape index (κ2) is 8.25. The van der Waals surface area contributed by atoms with E-state index in [9.17, 15) is 22.8 Å². The third kappa shape index (κ3) is 4.43. The predicted octanol–water partition coefficient (Wildman–Crippen LogP) is 3.33. The highest BCUT2D eigenvalue weighted by Gasteiger charge is 2.31. The molecule has 6 nitrogen and oxygen atoms in total. The van der Waals surface area contributed by atoms with Gasteiger partial charge in [0, 0.05) is 30.1 Å². The Morgan fingerprint density at radius 2 is 1.90 bits per heavy atom. The Bertz CT molecular complexity index is 913. The number of pyridine rings is 1. The average molecular weight is 438 g/mol. The molecule has 2 aromatic heterocycles. The lowest BCUT2D eigenvalue weighted by atomic mass is 9.96. The molecule has 1 saturated heterocycles. The molecule has 1 aliphatic heterocycles. The number of amides is 2. The number of anilines is 1. The number of hydrogen-bond acceptors (Lipinski definition) is 5. The highest BCUT2D eigenvalue weighted by atomic mass is 32.1.